The molecule has 10 heteroatoms. The van der Waals surface area contributed by atoms with Crippen LogP contribution in [0.3, 0.4) is 0 Å². The molecule has 0 spiro atoms. The number of hydrogen-bond donors (Lipinski definition) is 1. The Morgan fingerprint density at radius 1 is 1.11 bits per heavy atom. The minimum absolute atomic E-state index is 0.0685. The van der Waals surface area contributed by atoms with Crippen molar-refractivity contribution >= 4 is 17.6 Å². The summed E-state index contributed by atoms with van der Waals surface area (Å²) >= 11 is 0. The van der Waals surface area contributed by atoms with Crippen LogP contribution in [0.5, 0.6) is 5.75 Å². The Kier molecular flexibility index (Phi) is 7.21. The van der Waals surface area contributed by atoms with E-state index in [-0.39, 0.29) is 6.10 Å². The summed E-state index contributed by atoms with van der Waals surface area (Å²) in [5, 5.41) is 21.5. The van der Waals surface area contributed by atoms with Crippen molar-refractivity contribution in [3.05, 3.63) is 48.2 Å². The van der Waals surface area contributed by atoms with E-state index < -0.39 is 0 Å². The molecule has 186 valence electrons. The van der Waals surface area contributed by atoms with Crippen molar-refractivity contribution in [2.24, 2.45) is 0 Å². The summed E-state index contributed by atoms with van der Waals surface area (Å²) in [4.78, 5) is 13.4. The van der Waals surface area contributed by atoms with E-state index in [0.29, 0.717) is 48.0 Å². The lowest BCUT2D eigenvalue weighted by Crippen LogP contribution is -2.31. The van der Waals surface area contributed by atoms with Gasteiger partial charge in [-0.25, -0.2) is 9.97 Å². The molecule has 0 amide bonds. The van der Waals surface area contributed by atoms with E-state index >= 15 is 0 Å². The summed E-state index contributed by atoms with van der Waals surface area (Å²) in [6, 6.07) is 14.0. The second kappa shape index (κ2) is 10.8. The molecule has 2 aliphatic rings. The zero-order chi connectivity index (χ0) is 24.9. The van der Waals surface area contributed by atoms with Crippen LogP contribution < -0.4 is 15.0 Å². The molecule has 3 aromatic rings. The molecule has 0 aliphatic carbocycles. The van der Waals surface area contributed by atoms with Crippen LogP contribution in [-0.2, 0) is 4.74 Å². The number of likely N-dealkylation sites (N-methyl/N-ethyl adjacent to an activating group) is 1. The van der Waals surface area contributed by atoms with Gasteiger partial charge in [-0.3, -0.25) is 0 Å². The van der Waals surface area contributed by atoms with Gasteiger partial charge in [0.25, 0.3) is 0 Å². The Morgan fingerprint density at radius 2 is 1.97 bits per heavy atom. The maximum absolute atomic E-state index is 9.69. The molecular weight excluding hydrogens is 456 g/mol. The number of nitriles is 1. The second-order valence-electron chi connectivity index (χ2n) is 9.27. The molecule has 4 heterocycles. The third-order valence-electron chi connectivity index (χ3n) is 6.62. The van der Waals surface area contributed by atoms with Gasteiger partial charge in [0.2, 0.25) is 5.95 Å². The fourth-order valence-electron chi connectivity index (χ4n) is 4.48. The number of nitrogens with zero attached hydrogens (tertiary/aromatic N) is 7. The van der Waals surface area contributed by atoms with Crippen molar-refractivity contribution in [1.82, 2.24) is 25.1 Å². The van der Waals surface area contributed by atoms with Gasteiger partial charge in [-0.05, 0) is 56.9 Å². The highest BCUT2D eigenvalue weighted by molar-refractivity contribution is 5.65. The van der Waals surface area contributed by atoms with Crippen molar-refractivity contribution in [2.75, 3.05) is 50.6 Å². The molecule has 0 bridgehead atoms. The fourth-order valence-corrected chi connectivity index (χ4v) is 4.48. The first-order chi connectivity index (χ1) is 17.6. The average Bonchev–Trinajstić information content (AvgIpc) is 3.41. The van der Waals surface area contributed by atoms with Gasteiger partial charge in [0, 0.05) is 43.7 Å². The zero-order valence-corrected chi connectivity index (χ0v) is 20.6. The van der Waals surface area contributed by atoms with E-state index in [9.17, 15) is 5.26 Å². The van der Waals surface area contributed by atoms with Gasteiger partial charge >= 0.3 is 0 Å². The van der Waals surface area contributed by atoms with Gasteiger partial charge in [0.05, 0.1) is 24.5 Å². The number of ether oxygens (including phenoxy) is 2. The maximum Gasteiger partial charge on any atom is 0.228 e. The Bertz CT molecular complexity index is 1220. The number of benzene rings is 1. The van der Waals surface area contributed by atoms with Crippen molar-refractivity contribution < 1.29 is 9.47 Å². The van der Waals surface area contributed by atoms with Gasteiger partial charge in [-0.2, -0.15) is 5.26 Å². The highest BCUT2D eigenvalue weighted by atomic mass is 16.5. The second-order valence-corrected chi connectivity index (χ2v) is 9.27. The number of anilines is 3. The standard InChI is InChI=1S/C26H30N8O2/c1-33(2)20-8-12-34(17-20)25-6-5-24(31-32-25)30-26-28-11-7-22(29-26)18-3-4-23(19(15-18)16-27)36-21-9-13-35-14-10-21/h3-7,11,15,20-21H,8-10,12-14,17H2,1-2H3,(H,28,29,30,31). The van der Waals surface area contributed by atoms with Crippen LogP contribution in [0, 0.1) is 11.3 Å². The predicted molar refractivity (Wildman–Crippen MR) is 136 cm³/mol. The number of nitrogens with one attached hydrogen (secondary N) is 1. The van der Waals surface area contributed by atoms with E-state index in [1.165, 1.54) is 0 Å². The van der Waals surface area contributed by atoms with Crippen molar-refractivity contribution in [3.8, 4) is 23.1 Å². The first-order valence-electron chi connectivity index (χ1n) is 12.2. The van der Waals surface area contributed by atoms with Crippen molar-refractivity contribution in [1.29, 1.82) is 5.26 Å². The summed E-state index contributed by atoms with van der Waals surface area (Å²) in [5.41, 5.74) is 1.98. The first kappa shape index (κ1) is 23.9. The van der Waals surface area contributed by atoms with Crippen LogP contribution in [0.4, 0.5) is 17.6 Å². The molecule has 10 nitrogen and oxygen atoms in total. The first-order valence-corrected chi connectivity index (χ1v) is 12.2. The largest absolute Gasteiger partial charge is 0.489 e. The lowest BCUT2D eigenvalue weighted by atomic mass is 10.1. The Balaban J connectivity index is 1.27. The Labute approximate surface area is 210 Å². The molecule has 1 N–H and O–H groups in total. The summed E-state index contributed by atoms with van der Waals surface area (Å²) in [6.07, 6.45) is 4.51. The van der Waals surface area contributed by atoms with Gasteiger partial charge in [-0.15, -0.1) is 10.2 Å². The van der Waals surface area contributed by atoms with Crippen LogP contribution in [0.2, 0.25) is 0 Å². The van der Waals surface area contributed by atoms with E-state index in [1.807, 2.05) is 30.3 Å². The number of rotatable bonds is 7. The third kappa shape index (κ3) is 5.53. The molecule has 2 fully saturated rings. The molecule has 1 aromatic carbocycles. The molecule has 2 aliphatic heterocycles. The smallest absolute Gasteiger partial charge is 0.228 e. The summed E-state index contributed by atoms with van der Waals surface area (Å²) in [5.74, 6) is 2.43. The molecule has 0 radical (unpaired) electrons. The summed E-state index contributed by atoms with van der Waals surface area (Å²) in [6.45, 7) is 3.29. The number of aromatic nitrogens is 4. The van der Waals surface area contributed by atoms with Crippen LogP contribution in [-0.4, -0.2) is 77.6 Å². The lowest BCUT2D eigenvalue weighted by molar-refractivity contribution is 0.0254. The van der Waals surface area contributed by atoms with Gasteiger partial charge < -0.3 is 24.6 Å². The highest BCUT2D eigenvalue weighted by Crippen LogP contribution is 2.28. The number of hydrogen-bond acceptors (Lipinski definition) is 10. The third-order valence-corrected chi connectivity index (χ3v) is 6.62. The predicted octanol–water partition coefficient (Wildman–Crippen LogP) is 3.25. The van der Waals surface area contributed by atoms with Crippen LogP contribution >= 0.6 is 0 Å². The minimum Gasteiger partial charge on any atom is -0.489 e. The topological polar surface area (TPSA) is 112 Å². The SMILES string of the molecule is CN(C)C1CCN(c2ccc(Nc3nccc(-c4ccc(OC5CCOCC5)c(C#N)c4)n3)nn2)C1. The lowest BCUT2D eigenvalue weighted by Gasteiger charge is -2.23. The minimum atomic E-state index is 0.0685. The van der Waals surface area contributed by atoms with Crippen LogP contribution in [0.25, 0.3) is 11.3 Å². The van der Waals surface area contributed by atoms with E-state index in [4.69, 9.17) is 9.47 Å². The Morgan fingerprint density at radius 3 is 2.69 bits per heavy atom. The molecule has 2 saturated heterocycles. The molecule has 2 aromatic heterocycles. The normalized spacial score (nSPS) is 18.3. The zero-order valence-electron chi connectivity index (χ0n) is 20.6. The molecule has 1 atom stereocenters. The van der Waals surface area contributed by atoms with Crippen molar-refractivity contribution in [3.63, 3.8) is 0 Å². The average molecular weight is 487 g/mol. The van der Waals surface area contributed by atoms with Crippen molar-refractivity contribution in [2.45, 2.75) is 31.4 Å². The van der Waals surface area contributed by atoms with Crippen LogP contribution in [0.1, 0.15) is 24.8 Å². The molecule has 5 rings (SSSR count). The molecular formula is C26H30N8O2. The van der Waals surface area contributed by atoms with Gasteiger partial charge in [-0.1, -0.05) is 0 Å². The summed E-state index contributed by atoms with van der Waals surface area (Å²) < 4.78 is 11.5. The molecule has 0 saturated carbocycles. The fraction of sp³-hybridized carbons (Fsp3) is 0.423. The van der Waals surface area contributed by atoms with E-state index in [0.717, 1.165) is 43.7 Å². The maximum atomic E-state index is 9.69. The highest BCUT2D eigenvalue weighted by Gasteiger charge is 2.25. The summed E-state index contributed by atoms with van der Waals surface area (Å²) in [7, 11) is 4.22. The molecule has 36 heavy (non-hydrogen) atoms. The quantitative estimate of drug-likeness (QED) is 0.534. The van der Waals surface area contributed by atoms with E-state index in [2.05, 4.69) is 55.4 Å². The Hall–Kier alpha value is -3.81. The van der Waals surface area contributed by atoms with Gasteiger partial charge in [0.15, 0.2) is 11.6 Å². The van der Waals surface area contributed by atoms with E-state index in [1.54, 1.807) is 12.3 Å². The molecule has 1 unspecified atom stereocenters. The van der Waals surface area contributed by atoms with Crippen LogP contribution in [0.15, 0.2) is 42.6 Å². The monoisotopic (exact) mass is 486 g/mol. The van der Waals surface area contributed by atoms with Gasteiger partial charge in [0.1, 0.15) is 17.9 Å².